The topological polar surface area (TPSA) is 127 Å². The van der Waals surface area contributed by atoms with Crippen LogP contribution < -0.4 is 0 Å². The molecule has 2 N–H and O–H groups in total. The summed E-state index contributed by atoms with van der Waals surface area (Å²) in [6, 6.07) is 16.5. The highest BCUT2D eigenvalue weighted by Crippen LogP contribution is 2.43. The quantitative estimate of drug-likeness (QED) is 0.301. The van der Waals surface area contributed by atoms with Gasteiger partial charge < -0.3 is 19.7 Å². The number of hydrogen-bond acceptors (Lipinski definition) is 6. The van der Waals surface area contributed by atoms with Crippen molar-refractivity contribution >= 4 is 23.9 Å². The molecule has 0 spiro atoms. The van der Waals surface area contributed by atoms with Gasteiger partial charge in [-0.2, -0.15) is 0 Å². The van der Waals surface area contributed by atoms with Crippen LogP contribution in [0.3, 0.4) is 0 Å². The van der Waals surface area contributed by atoms with Gasteiger partial charge in [0.2, 0.25) is 0 Å². The molecule has 2 aromatic carbocycles. The molecule has 194 valence electrons. The van der Waals surface area contributed by atoms with Crippen molar-refractivity contribution in [1.82, 2.24) is 0 Å². The summed E-state index contributed by atoms with van der Waals surface area (Å²) in [5, 5.41) is 19.7. The van der Waals surface area contributed by atoms with Gasteiger partial charge in [-0.05, 0) is 56.7 Å². The van der Waals surface area contributed by atoms with Crippen molar-refractivity contribution in [1.29, 1.82) is 0 Å². The summed E-state index contributed by atoms with van der Waals surface area (Å²) in [4.78, 5) is 50.7. The predicted molar refractivity (Wildman–Crippen MR) is 133 cm³/mol. The number of carbonyl (C=O) groups excluding carboxylic acids is 2. The number of aliphatic carboxylic acids is 2. The van der Waals surface area contributed by atoms with Crippen molar-refractivity contribution in [2.75, 3.05) is 13.2 Å². The number of carbonyl (C=O) groups is 4. The van der Waals surface area contributed by atoms with E-state index >= 15 is 0 Å². The Labute approximate surface area is 211 Å². The van der Waals surface area contributed by atoms with Crippen LogP contribution in [-0.4, -0.2) is 47.3 Å². The van der Waals surface area contributed by atoms with Gasteiger partial charge in [-0.3, -0.25) is 19.2 Å². The molecule has 0 aliphatic heterocycles. The molecule has 0 aliphatic carbocycles. The lowest BCUT2D eigenvalue weighted by molar-refractivity contribution is -0.176. The van der Waals surface area contributed by atoms with Crippen LogP contribution in [0.5, 0.6) is 0 Å². The second-order valence-corrected chi connectivity index (χ2v) is 9.06. The van der Waals surface area contributed by atoms with Crippen molar-refractivity contribution in [3.05, 3.63) is 60.2 Å². The Morgan fingerprint density at radius 2 is 1.33 bits per heavy atom. The van der Waals surface area contributed by atoms with E-state index in [-0.39, 0.29) is 26.1 Å². The van der Waals surface area contributed by atoms with Gasteiger partial charge >= 0.3 is 23.9 Å². The highest BCUT2D eigenvalue weighted by Gasteiger charge is 2.55. The van der Waals surface area contributed by atoms with Crippen molar-refractivity contribution in [3.63, 3.8) is 0 Å². The largest absolute Gasteiger partial charge is 0.481 e. The molecule has 2 unspecified atom stereocenters. The average molecular weight is 499 g/mol. The van der Waals surface area contributed by atoms with E-state index in [1.54, 1.807) is 38.1 Å². The number of carboxylic acids is 2. The van der Waals surface area contributed by atoms with E-state index in [4.69, 9.17) is 9.47 Å². The summed E-state index contributed by atoms with van der Waals surface area (Å²) in [7, 11) is 0. The second-order valence-electron chi connectivity index (χ2n) is 9.06. The van der Waals surface area contributed by atoms with Gasteiger partial charge in [0, 0.05) is 0 Å². The van der Waals surface area contributed by atoms with E-state index in [0.29, 0.717) is 5.56 Å². The van der Waals surface area contributed by atoms with Crippen molar-refractivity contribution < 1.29 is 38.9 Å². The van der Waals surface area contributed by atoms with E-state index < -0.39 is 47.0 Å². The molecular weight excluding hydrogens is 464 g/mol. The Bertz CT molecular complexity index is 1040. The van der Waals surface area contributed by atoms with Gasteiger partial charge in [0.15, 0.2) is 5.41 Å². The molecule has 2 atom stereocenters. The Hall–Kier alpha value is -3.68. The minimum absolute atomic E-state index is 0.0377. The van der Waals surface area contributed by atoms with Crippen LogP contribution in [0.25, 0.3) is 11.1 Å². The normalized spacial score (nSPS) is 13.8. The number of hydrogen-bond donors (Lipinski definition) is 2. The zero-order valence-electron chi connectivity index (χ0n) is 21.2. The maximum Gasteiger partial charge on any atom is 0.323 e. The van der Waals surface area contributed by atoms with Crippen molar-refractivity contribution in [2.24, 2.45) is 11.3 Å². The standard InChI is InChI=1S/C28H34O8/c1-5-35-25(33)28(26(34)36-6-2,17-16-19(3)23(29)30)18-27(4,24(31)32)22-14-12-21(13-15-22)20-10-8-7-9-11-20/h7-15,19H,5-6,16-18H2,1-4H3,(H,29,30)(H,31,32). The zero-order chi connectivity index (χ0) is 26.9. The van der Waals surface area contributed by atoms with Crippen LogP contribution in [0, 0.1) is 11.3 Å². The molecule has 0 bridgehead atoms. The summed E-state index contributed by atoms with van der Waals surface area (Å²) in [5.74, 6) is -5.04. The summed E-state index contributed by atoms with van der Waals surface area (Å²) in [5.41, 5.74) is -1.46. The maximum absolute atomic E-state index is 13.3. The zero-order valence-corrected chi connectivity index (χ0v) is 21.2. The van der Waals surface area contributed by atoms with E-state index in [2.05, 4.69) is 0 Å². The Morgan fingerprint density at radius 3 is 1.78 bits per heavy atom. The minimum Gasteiger partial charge on any atom is -0.481 e. The van der Waals surface area contributed by atoms with Crippen molar-refractivity contribution in [3.8, 4) is 11.1 Å². The van der Waals surface area contributed by atoms with Gasteiger partial charge in [-0.1, -0.05) is 61.5 Å². The van der Waals surface area contributed by atoms with E-state index in [0.717, 1.165) is 11.1 Å². The lowest BCUT2D eigenvalue weighted by atomic mass is 9.66. The van der Waals surface area contributed by atoms with Gasteiger partial charge in [0.25, 0.3) is 0 Å². The van der Waals surface area contributed by atoms with E-state index in [9.17, 15) is 29.4 Å². The highest BCUT2D eigenvalue weighted by molar-refractivity contribution is 6.01. The molecule has 0 fully saturated rings. The summed E-state index contributed by atoms with van der Waals surface area (Å²) in [6.07, 6.45) is -0.733. The fourth-order valence-electron chi connectivity index (χ4n) is 4.21. The molecule has 0 saturated heterocycles. The minimum atomic E-state index is -2.00. The Kier molecular flexibility index (Phi) is 9.78. The average Bonchev–Trinajstić information content (AvgIpc) is 2.86. The first-order chi connectivity index (χ1) is 17.0. The van der Waals surface area contributed by atoms with Crippen LogP contribution >= 0.6 is 0 Å². The number of esters is 2. The van der Waals surface area contributed by atoms with Crippen LogP contribution in [0.1, 0.15) is 52.5 Å². The van der Waals surface area contributed by atoms with Crippen LogP contribution in [0.15, 0.2) is 54.6 Å². The van der Waals surface area contributed by atoms with E-state index in [1.165, 1.54) is 13.8 Å². The summed E-state index contributed by atoms with van der Waals surface area (Å²) in [6.45, 7) is 5.98. The van der Waals surface area contributed by atoms with Crippen LogP contribution in [0.2, 0.25) is 0 Å². The van der Waals surface area contributed by atoms with Gasteiger partial charge in [0.05, 0.1) is 24.5 Å². The number of carboxylic acid groups (broad SMARTS) is 2. The Balaban J connectivity index is 2.58. The SMILES string of the molecule is CCOC(=O)C(CCC(C)C(=O)O)(CC(C)(C(=O)O)c1ccc(-c2ccccc2)cc1)C(=O)OCC. The van der Waals surface area contributed by atoms with Crippen molar-refractivity contribution in [2.45, 2.75) is 52.4 Å². The molecular formula is C28H34O8. The predicted octanol–water partition coefficient (Wildman–Crippen LogP) is 4.70. The molecule has 2 rings (SSSR count). The molecule has 36 heavy (non-hydrogen) atoms. The fraction of sp³-hybridized carbons (Fsp3) is 0.429. The lowest BCUT2D eigenvalue weighted by Gasteiger charge is -2.37. The number of benzene rings is 2. The second kappa shape index (κ2) is 12.3. The first-order valence-electron chi connectivity index (χ1n) is 12.0. The van der Waals surface area contributed by atoms with Gasteiger partial charge in [-0.25, -0.2) is 0 Å². The molecule has 0 saturated carbocycles. The van der Waals surface area contributed by atoms with E-state index in [1.807, 2.05) is 30.3 Å². The molecule has 0 amide bonds. The number of rotatable bonds is 13. The monoisotopic (exact) mass is 498 g/mol. The first kappa shape index (κ1) is 28.6. The third-order valence-electron chi connectivity index (χ3n) is 6.51. The molecule has 0 heterocycles. The molecule has 8 heteroatoms. The Morgan fingerprint density at radius 1 is 0.833 bits per heavy atom. The molecule has 0 aliphatic rings. The third-order valence-corrected chi connectivity index (χ3v) is 6.51. The third kappa shape index (κ3) is 6.30. The number of ether oxygens (including phenoxy) is 2. The van der Waals surface area contributed by atoms with Crippen LogP contribution in [0.4, 0.5) is 0 Å². The van der Waals surface area contributed by atoms with Gasteiger partial charge in [0.1, 0.15) is 0 Å². The summed E-state index contributed by atoms with van der Waals surface area (Å²) < 4.78 is 10.5. The highest BCUT2D eigenvalue weighted by atomic mass is 16.6. The summed E-state index contributed by atoms with van der Waals surface area (Å²) >= 11 is 0. The van der Waals surface area contributed by atoms with Crippen LogP contribution in [-0.2, 0) is 34.1 Å². The van der Waals surface area contributed by atoms with Gasteiger partial charge in [-0.15, -0.1) is 0 Å². The smallest absolute Gasteiger partial charge is 0.323 e. The maximum atomic E-state index is 13.3. The molecule has 0 radical (unpaired) electrons. The first-order valence-corrected chi connectivity index (χ1v) is 12.0. The molecule has 0 aromatic heterocycles. The molecule has 2 aromatic rings. The fourth-order valence-corrected chi connectivity index (χ4v) is 4.21. The molecule has 8 nitrogen and oxygen atoms in total. The lowest BCUT2D eigenvalue weighted by Crippen LogP contribution is -2.49.